The highest BCUT2D eigenvalue weighted by atomic mass is 35.5. The summed E-state index contributed by atoms with van der Waals surface area (Å²) in [4.78, 5) is 26.1. The van der Waals surface area contributed by atoms with E-state index in [0.717, 1.165) is 25.7 Å². The number of nitrogens with zero attached hydrogens (tertiary/aromatic N) is 1. The molecule has 1 aliphatic heterocycles. The summed E-state index contributed by atoms with van der Waals surface area (Å²) < 4.78 is 0. The Morgan fingerprint density at radius 1 is 1.16 bits per heavy atom. The zero-order valence-corrected chi connectivity index (χ0v) is 11.4. The minimum Gasteiger partial charge on any atom is -0.275 e. The van der Waals surface area contributed by atoms with Gasteiger partial charge in [-0.25, -0.2) is 0 Å². The molecule has 1 heterocycles. The van der Waals surface area contributed by atoms with E-state index in [1.807, 2.05) is 0 Å². The van der Waals surface area contributed by atoms with Crippen molar-refractivity contribution in [1.82, 2.24) is 4.90 Å². The van der Waals surface area contributed by atoms with Gasteiger partial charge in [-0.1, -0.05) is 18.0 Å². The number of amides is 2. The van der Waals surface area contributed by atoms with Crippen LogP contribution < -0.4 is 0 Å². The van der Waals surface area contributed by atoms with Crippen molar-refractivity contribution < 1.29 is 9.59 Å². The fourth-order valence-corrected chi connectivity index (χ4v) is 3.43. The van der Waals surface area contributed by atoms with Crippen molar-refractivity contribution in [3.8, 4) is 0 Å². The number of benzene rings is 1. The summed E-state index contributed by atoms with van der Waals surface area (Å²) in [6.45, 7) is 0. The lowest BCUT2D eigenvalue weighted by atomic mass is 9.91. The molecule has 2 fully saturated rings. The largest absolute Gasteiger partial charge is 0.275 e. The third kappa shape index (κ3) is 2.27. The van der Waals surface area contributed by atoms with E-state index in [-0.39, 0.29) is 17.9 Å². The predicted molar refractivity (Wildman–Crippen MR) is 73.0 cm³/mol. The van der Waals surface area contributed by atoms with E-state index >= 15 is 0 Å². The van der Waals surface area contributed by atoms with Crippen LogP contribution in [-0.4, -0.2) is 22.8 Å². The molecule has 1 saturated carbocycles. The second kappa shape index (κ2) is 4.97. The molecule has 0 N–H and O–H groups in total. The molecule has 1 aromatic rings. The van der Waals surface area contributed by atoms with Crippen LogP contribution in [0.4, 0.5) is 0 Å². The van der Waals surface area contributed by atoms with Crippen molar-refractivity contribution in [1.29, 1.82) is 0 Å². The summed E-state index contributed by atoms with van der Waals surface area (Å²) in [6.07, 6.45) is 4.65. The molecule has 2 aliphatic rings. The Morgan fingerprint density at radius 2 is 1.89 bits per heavy atom. The van der Waals surface area contributed by atoms with Crippen LogP contribution in [0, 0.1) is 5.92 Å². The van der Waals surface area contributed by atoms with E-state index in [1.165, 1.54) is 4.90 Å². The van der Waals surface area contributed by atoms with Crippen molar-refractivity contribution >= 4 is 23.4 Å². The molecule has 3 nitrogen and oxygen atoms in total. The molecule has 2 atom stereocenters. The quantitative estimate of drug-likeness (QED) is 0.739. The lowest BCUT2D eigenvalue weighted by Crippen LogP contribution is -2.49. The summed E-state index contributed by atoms with van der Waals surface area (Å²) in [7, 11) is 0. The lowest BCUT2D eigenvalue weighted by Gasteiger charge is -2.36. The number of likely N-dealkylation sites (tertiary alicyclic amines) is 1. The van der Waals surface area contributed by atoms with E-state index in [9.17, 15) is 9.59 Å². The van der Waals surface area contributed by atoms with Crippen LogP contribution in [0.3, 0.4) is 0 Å². The van der Waals surface area contributed by atoms with Crippen molar-refractivity contribution in [2.75, 3.05) is 0 Å². The molecular formula is C15H16ClNO2. The molecule has 3 rings (SSSR count). The van der Waals surface area contributed by atoms with Crippen LogP contribution in [-0.2, 0) is 4.79 Å². The molecular weight excluding hydrogens is 262 g/mol. The molecule has 2 amide bonds. The fourth-order valence-electron chi connectivity index (χ4n) is 3.30. The minimum absolute atomic E-state index is 0.0249. The van der Waals surface area contributed by atoms with Gasteiger partial charge >= 0.3 is 0 Å². The standard InChI is InChI=1S/C15H16ClNO2/c16-12-7-4-11(5-8-12)15(19)17-13-3-1-2-10(13)6-9-14(17)18/h4-5,7-8,10,13H,1-3,6,9H2. The van der Waals surface area contributed by atoms with Gasteiger partial charge in [0.05, 0.1) is 0 Å². The van der Waals surface area contributed by atoms with E-state index in [1.54, 1.807) is 24.3 Å². The lowest BCUT2D eigenvalue weighted by molar-refractivity contribution is -0.134. The SMILES string of the molecule is O=C1CCC2CCCC2N1C(=O)c1ccc(Cl)cc1. The molecule has 19 heavy (non-hydrogen) atoms. The highest BCUT2D eigenvalue weighted by Crippen LogP contribution is 2.37. The van der Waals surface area contributed by atoms with Gasteiger partial charge in [0.1, 0.15) is 0 Å². The molecule has 1 aromatic carbocycles. The molecule has 0 bridgehead atoms. The average molecular weight is 278 g/mol. The molecule has 0 spiro atoms. The minimum atomic E-state index is -0.168. The Hall–Kier alpha value is -1.35. The Kier molecular flexibility index (Phi) is 3.31. The monoisotopic (exact) mass is 277 g/mol. The van der Waals surface area contributed by atoms with Crippen molar-refractivity contribution in [2.45, 2.75) is 38.1 Å². The van der Waals surface area contributed by atoms with Crippen LogP contribution >= 0.6 is 11.6 Å². The van der Waals surface area contributed by atoms with Crippen molar-refractivity contribution in [2.24, 2.45) is 5.92 Å². The van der Waals surface area contributed by atoms with E-state index < -0.39 is 0 Å². The van der Waals surface area contributed by atoms with Gasteiger partial charge in [-0.2, -0.15) is 0 Å². The highest BCUT2D eigenvalue weighted by molar-refractivity contribution is 6.30. The van der Waals surface area contributed by atoms with Crippen LogP contribution in [0.25, 0.3) is 0 Å². The number of carbonyl (C=O) groups is 2. The van der Waals surface area contributed by atoms with Gasteiger partial charge in [-0.3, -0.25) is 14.5 Å². The van der Waals surface area contributed by atoms with Gasteiger partial charge in [0.2, 0.25) is 5.91 Å². The normalized spacial score (nSPS) is 26.4. The first kappa shape index (κ1) is 12.7. The average Bonchev–Trinajstić information content (AvgIpc) is 2.87. The number of hydrogen-bond acceptors (Lipinski definition) is 2. The molecule has 0 radical (unpaired) electrons. The van der Waals surface area contributed by atoms with E-state index in [0.29, 0.717) is 22.9 Å². The number of carbonyl (C=O) groups excluding carboxylic acids is 2. The zero-order chi connectivity index (χ0) is 13.4. The van der Waals surface area contributed by atoms with Crippen LogP contribution in [0.15, 0.2) is 24.3 Å². The maximum atomic E-state index is 12.5. The molecule has 1 aliphatic carbocycles. The Bertz CT molecular complexity index is 511. The summed E-state index contributed by atoms with van der Waals surface area (Å²) >= 11 is 5.83. The summed E-state index contributed by atoms with van der Waals surface area (Å²) in [5, 5.41) is 0.597. The predicted octanol–water partition coefficient (Wildman–Crippen LogP) is 3.27. The number of halogens is 1. The summed E-state index contributed by atoms with van der Waals surface area (Å²) in [5.74, 6) is 0.315. The maximum absolute atomic E-state index is 12.5. The third-order valence-corrected chi connectivity index (χ3v) is 4.51. The smallest absolute Gasteiger partial charge is 0.260 e. The Labute approximate surface area is 117 Å². The Balaban J connectivity index is 1.88. The third-order valence-electron chi connectivity index (χ3n) is 4.26. The summed E-state index contributed by atoms with van der Waals surface area (Å²) in [5.41, 5.74) is 0.547. The van der Waals surface area contributed by atoms with Crippen LogP contribution in [0.1, 0.15) is 42.5 Å². The van der Waals surface area contributed by atoms with Gasteiger partial charge in [0.15, 0.2) is 0 Å². The van der Waals surface area contributed by atoms with Crippen LogP contribution in [0.2, 0.25) is 5.02 Å². The first-order valence-corrected chi connectivity index (χ1v) is 7.16. The molecule has 1 saturated heterocycles. The van der Waals surface area contributed by atoms with Crippen LogP contribution in [0.5, 0.6) is 0 Å². The number of piperidine rings is 1. The van der Waals surface area contributed by atoms with E-state index in [4.69, 9.17) is 11.6 Å². The number of fused-ring (bicyclic) bond motifs is 1. The van der Waals surface area contributed by atoms with Gasteiger partial charge in [0, 0.05) is 23.0 Å². The topological polar surface area (TPSA) is 37.4 Å². The van der Waals surface area contributed by atoms with Gasteiger partial charge in [-0.05, 0) is 49.4 Å². The fraction of sp³-hybridized carbons (Fsp3) is 0.467. The van der Waals surface area contributed by atoms with Gasteiger partial charge in [0.25, 0.3) is 5.91 Å². The first-order valence-electron chi connectivity index (χ1n) is 6.79. The highest BCUT2D eigenvalue weighted by Gasteiger charge is 2.41. The Morgan fingerprint density at radius 3 is 2.63 bits per heavy atom. The second-order valence-electron chi connectivity index (χ2n) is 5.37. The van der Waals surface area contributed by atoms with Gasteiger partial charge in [-0.15, -0.1) is 0 Å². The van der Waals surface area contributed by atoms with Gasteiger partial charge < -0.3 is 0 Å². The van der Waals surface area contributed by atoms with Crippen molar-refractivity contribution in [3.05, 3.63) is 34.9 Å². The number of hydrogen-bond donors (Lipinski definition) is 0. The number of imide groups is 1. The zero-order valence-electron chi connectivity index (χ0n) is 10.6. The molecule has 4 heteroatoms. The van der Waals surface area contributed by atoms with Crippen molar-refractivity contribution in [3.63, 3.8) is 0 Å². The first-order chi connectivity index (χ1) is 9.16. The summed E-state index contributed by atoms with van der Waals surface area (Å²) in [6, 6.07) is 6.88. The molecule has 100 valence electrons. The molecule has 0 aromatic heterocycles. The maximum Gasteiger partial charge on any atom is 0.260 e. The molecule has 2 unspecified atom stereocenters. The second-order valence-corrected chi connectivity index (χ2v) is 5.81. The van der Waals surface area contributed by atoms with E-state index in [2.05, 4.69) is 0 Å². The number of rotatable bonds is 1.